The summed E-state index contributed by atoms with van der Waals surface area (Å²) >= 11 is 0. The highest BCUT2D eigenvalue weighted by atomic mass is 16.3. The summed E-state index contributed by atoms with van der Waals surface area (Å²) in [7, 11) is 0. The Balaban J connectivity index is 0.000000138. The molecule has 113 heavy (non-hydrogen) atoms. The van der Waals surface area contributed by atoms with E-state index < -0.39 is 17.9 Å². The molecule has 0 amide bonds. The zero-order chi connectivity index (χ0) is 76.5. The predicted molar refractivity (Wildman–Crippen MR) is 455 cm³/mol. The topological polar surface area (TPSA) is 50.3 Å². The molecule has 4 unspecified atom stereocenters. The summed E-state index contributed by atoms with van der Waals surface area (Å²) in [6.07, 6.45) is 26.8. The molecule has 2 spiro atoms. The molecule has 9 nitrogen and oxygen atoms in total. The van der Waals surface area contributed by atoms with E-state index in [2.05, 4.69) is 416 Å². The Kier molecular flexibility index (Phi) is 14.4. The van der Waals surface area contributed by atoms with Crippen LogP contribution in [0.25, 0.3) is 27.9 Å². The van der Waals surface area contributed by atoms with Crippen LogP contribution < -0.4 is 0 Å². The van der Waals surface area contributed by atoms with Crippen LogP contribution in [0.2, 0.25) is 0 Å². The van der Waals surface area contributed by atoms with Crippen LogP contribution >= 0.6 is 0 Å². The van der Waals surface area contributed by atoms with Gasteiger partial charge >= 0.3 is 11.8 Å². The van der Waals surface area contributed by atoms with Crippen molar-refractivity contribution in [3.8, 4) is 0 Å². The second-order valence-corrected chi connectivity index (χ2v) is 34.4. The lowest BCUT2D eigenvalue weighted by Crippen LogP contribution is -2.73. The molecule has 0 saturated carbocycles. The number of nitrogens with zero attached hydrogens (tertiary/aromatic N) is 8. The van der Waals surface area contributed by atoms with E-state index in [1.54, 1.807) is 0 Å². The third-order valence-corrected chi connectivity index (χ3v) is 26.1. The summed E-state index contributed by atoms with van der Waals surface area (Å²) < 4.78 is 18.2. The quantitative estimate of drug-likeness (QED) is 0.131. The molecule has 12 aliphatic heterocycles. The molecule has 0 saturated heterocycles. The Labute approximate surface area is 661 Å². The third-order valence-electron chi connectivity index (χ3n) is 26.1. The molecule has 3 aromatic heterocycles. The number of allylic oxidation sites excluding steroid dienone is 9. The number of hydrogen-bond donors (Lipinski definition) is 1. The fourth-order valence-corrected chi connectivity index (χ4v) is 20.8. The Bertz CT molecular complexity index is 6480. The van der Waals surface area contributed by atoms with Gasteiger partial charge < -0.3 is 5.11 Å². The van der Waals surface area contributed by atoms with E-state index in [0.29, 0.717) is 0 Å². The standard InChI is InChI=1S/C52H46N4O.C52H44N4/c1-6-34-16-20-38(21-17-34)50(57)46-31-30-45-49(37-22-24-39(25-23-37)51(3,4)5)44-29-28-43-48(36-18-14-33(2)15-19-36)42-27-26-41-47(35-11-8-7-9-12-35)40-13-10-32-53(40)52(54(41)42,55(43)44)56(45)46;1-6-33-14-18-36(19-15-33)49-43-27-25-40-47(34-10-8-7-9-11-34)39-24-26-41-48(35-16-12-32(2)13-17-35)42-28-30-45-50(37-20-22-38(23-21-37)51(3,4)5)46-31-29-44(49)56(46)52(53(39)41,54(40)43)55(42)45/h7-32,48,50,57H,6H2,1-5H3;7-31,44,49H,6H2,1-5H3/q2*+2/t48?,50?,52-;44?,49?,52-/m10/s1. The van der Waals surface area contributed by atoms with E-state index in [1.165, 1.54) is 140 Å². The van der Waals surface area contributed by atoms with Gasteiger partial charge in [0, 0.05) is 60.0 Å². The average Bonchev–Trinajstić information content (AvgIpc) is 1.51. The molecule has 6 atom stereocenters. The molecule has 0 bridgehead atoms. The minimum Gasteiger partial charge on any atom is -0.377 e. The monoisotopic (exact) mass is 1470 g/mol. The first-order valence-corrected chi connectivity index (χ1v) is 40.5. The van der Waals surface area contributed by atoms with Crippen molar-refractivity contribution in [2.75, 3.05) is 0 Å². The average molecular weight is 1470 g/mol. The maximum absolute atomic E-state index is 12.7. The van der Waals surface area contributed by atoms with Crippen LogP contribution in [0.5, 0.6) is 0 Å². The first-order valence-electron chi connectivity index (χ1n) is 40.5. The van der Waals surface area contributed by atoms with Gasteiger partial charge in [0.25, 0.3) is 0 Å². The number of aliphatic hydroxyl groups excluding tert-OH is 1. The highest BCUT2D eigenvalue weighted by Gasteiger charge is 2.79. The first kappa shape index (κ1) is 67.3. The number of aryl methyl sites for hydroxylation is 4. The lowest BCUT2D eigenvalue weighted by molar-refractivity contribution is -0.858. The van der Waals surface area contributed by atoms with Gasteiger partial charge in [0.2, 0.25) is 39.9 Å². The van der Waals surface area contributed by atoms with E-state index in [9.17, 15) is 5.11 Å². The molecule has 15 heterocycles. The molecular weight excluding hydrogens is 1380 g/mol. The zero-order valence-corrected chi connectivity index (χ0v) is 65.7. The van der Waals surface area contributed by atoms with Gasteiger partial charge in [-0.05, 0) is 147 Å². The third kappa shape index (κ3) is 9.19. The van der Waals surface area contributed by atoms with Crippen molar-refractivity contribution in [1.82, 2.24) is 18.6 Å². The Morgan fingerprint density at radius 2 is 0.867 bits per heavy atom. The smallest absolute Gasteiger partial charge is 0.377 e. The maximum atomic E-state index is 12.7. The van der Waals surface area contributed by atoms with Gasteiger partial charge in [-0.3, -0.25) is 0 Å². The van der Waals surface area contributed by atoms with Gasteiger partial charge in [0.15, 0.2) is 12.3 Å². The number of fused-ring (bicyclic) bond motifs is 2. The van der Waals surface area contributed by atoms with E-state index in [0.717, 1.165) is 58.0 Å². The number of hydrogen-bond acceptors (Lipinski definition) is 2. The van der Waals surface area contributed by atoms with Crippen LogP contribution in [0.1, 0.15) is 185 Å². The van der Waals surface area contributed by atoms with Crippen molar-refractivity contribution < 1.29 is 23.4 Å². The molecule has 9 heteroatoms. The molecule has 1 N–H and O–H groups in total. The van der Waals surface area contributed by atoms with Crippen molar-refractivity contribution in [3.63, 3.8) is 0 Å². The van der Waals surface area contributed by atoms with Gasteiger partial charge in [-0.1, -0.05) is 297 Å². The van der Waals surface area contributed by atoms with Crippen LogP contribution in [0.4, 0.5) is 0 Å². The zero-order valence-electron chi connectivity index (χ0n) is 65.7. The van der Waals surface area contributed by atoms with Crippen LogP contribution in [-0.2, 0) is 35.5 Å². The van der Waals surface area contributed by atoms with Crippen LogP contribution in [0.15, 0.2) is 332 Å². The summed E-state index contributed by atoms with van der Waals surface area (Å²) in [5.41, 5.74) is 40.2. The first-order chi connectivity index (χ1) is 55.0. The lowest BCUT2D eigenvalue weighted by Gasteiger charge is -2.50. The van der Waals surface area contributed by atoms with Crippen molar-refractivity contribution in [2.45, 2.75) is 129 Å². The van der Waals surface area contributed by atoms with Crippen molar-refractivity contribution in [1.29, 1.82) is 0 Å². The van der Waals surface area contributed by atoms with Crippen LogP contribution in [-0.4, -0.2) is 71.4 Å². The summed E-state index contributed by atoms with van der Waals surface area (Å²) in [6.45, 7) is 22.5. The molecular formula is C104H90N8O+4. The van der Waals surface area contributed by atoms with Gasteiger partial charge in [0.1, 0.15) is 0 Å². The van der Waals surface area contributed by atoms with Gasteiger partial charge in [-0.15, -0.1) is 0 Å². The maximum Gasteiger partial charge on any atom is 0.552 e. The molecule has 0 radical (unpaired) electrons. The van der Waals surface area contributed by atoms with E-state index in [1.807, 2.05) is 0 Å². The number of rotatable bonds is 11. The molecule has 12 aliphatic rings. The van der Waals surface area contributed by atoms with Crippen molar-refractivity contribution in [3.05, 3.63) is 444 Å². The minimum absolute atomic E-state index is 0.0290. The molecule has 0 fully saturated rings. The second-order valence-electron chi connectivity index (χ2n) is 34.4. The molecule has 548 valence electrons. The van der Waals surface area contributed by atoms with E-state index >= 15 is 0 Å². The molecule has 0 aliphatic carbocycles. The SMILES string of the molecule is CCc1ccc(C(O)C2=[N+]3C(=C(c4ccc(C(C)(C)C)cc4)c4ccc5n4[C@@]34n3c(ccc3C5c3ccc(C)cc3)C(c3ccccc3)=C3C=CC=[N+]34)C=C2)cc1.CCc1ccc(C2C3=[N+]4C(=C(c5ccccc5)c5ccc6n5[C@]45N4C(=C(c7ccc(C(C)(C)C)cc7)C7=[N+]5C(=C6c5ccc(C)cc5)C=C7)C=CC24)C=C3)cc1. The summed E-state index contributed by atoms with van der Waals surface area (Å²) in [5, 5.41) is 12.7. The van der Waals surface area contributed by atoms with E-state index in [-0.39, 0.29) is 28.7 Å². The fraction of sp³-hybridized carbons (Fsp3) is 0.192. The lowest BCUT2D eigenvalue weighted by atomic mass is 9.82. The van der Waals surface area contributed by atoms with Crippen LogP contribution in [0, 0.1) is 13.8 Å². The Hall–Kier alpha value is -12.6. The number of aliphatic hydroxyl groups is 1. The van der Waals surface area contributed by atoms with Crippen LogP contribution in [0.3, 0.4) is 0 Å². The summed E-state index contributed by atoms with van der Waals surface area (Å²) in [5.74, 6) is -1.60. The molecule has 23 rings (SSSR count). The van der Waals surface area contributed by atoms with Gasteiger partial charge in [-0.25, -0.2) is 14.0 Å². The highest BCUT2D eigenvalue weighted by Crippen LogP contribution is 2.62. The number of aromatic nitrogens is 3. The highest BCUT2D eigenvalue weighted by molar-refractivity contribution is 6.29. The molecule has 8 aromatic carbocycles. The minimum atomic E-state index is -0.964. The van der Waals surface area contributed by atoms with Crippen molar-refractivity contribution in [2.24, 2.45) is 0 Å². The predicted octanol–water partition coefficient (Wildman–Crippen LogP) is 20.3. The summed E-state index contributed by atoms with van der Waals surface area (Å²) in [4.78, 5) is 2.80. The Morgan fingerprint density at radius 3 is 1.42 bits per heavy atom. The number of benzene rings is 8. The second kappa shape index (κ2) is 24.2. The fourth-order valence-electron chi connectivity index (χ4n) is 20.8. The largest absolute Gasteiger partial charge is 0.552 e. The van der Waals surface area contributed by atoms with Gasteiger partial charge in [0.05, 0.1) is 74.2 Å². The van der Waals surface area contributed by atoms with Crippen molar-refractivity contribution >= 4 is 51.2 Å². The molecule has 11 aromatic rings. The Morgan fingerprint density at radius 1 is 0.407 bits per heavy atom. The van der Waals surface area contributed by atoms with E-state index in [4.69, 9.17) is 0 Å². The van der Waals surface area contributed by atoms with Gasteiger partial charge in [-0.2, -0.15) is 4.57 Å². The summed E-state index contributed by atoms with van der Waals surface area (Å²) in [6, 6.07) is 90.8. The normalized spacial score (nSPS) is 21.9.